The van der Waals surface area contributed by atoms with E-state index in [0.717, 1.165) is 0 Å². The standard InChI is InChI=1S/C22H21N3O6S2/c1-2-31-18-12-14(5-10-17(18)26)13-19-21(28)24(22(32)33-19)11-3-4-20(27)23-15-6-8-16(9-7-15)25(29)30/h5-10,12-13,26H,2-4,11H2,1H3,(H,23,27)/b19-13-. The number of anilines is 1. The van der Waals surface area contributed by atoms with Gasteiger partial charge in [0.05, 0.1) is 16.4 Å². The minimum atomic E-state index is -0.512. The third kappa shape index (κ3) is 6.30. The van der Waals surface area contributed by atoms with E-state index in [1.54, 1.807) is 18.2 Å². The van der Waals surface area contributed by atoms with Crippen molar-refractivity contribution in [2.24, 2.45) is 0 Å². The molecule has 3 rings (SSSR count). The van der Waals surface area contributed by atoms with Gasteiger partial charge in [0.1, 0.15) is 4.32 Å². The second-order valence-electron chi connectivity index (χ2n) is 6.95. The molecule has 0 aliphatic carbocycles. The number of carbonyl (C=O) groups excluding carboxylic acids is 2. The zero-order valence-corrected chi connectivity index (χ0v) is 19.3. The van der Waals surface area contributed by atoms with Gasteiger partial charge >= 0.3 is 0 Å². The Kier molecular flexibility index (Phi) is 8.01. The lowest BCUT2D eigenvalue weighted by Gasteiger charge is -2.14. The molecule has 33 heavy (non-hydrogen) atoms. The Morgan fingerprint density at radius 3 is 2.70 bits per heavy atom. The number of ether oxygens (including phenoxy) is 1. The fourth-order valence-electron chi connectivity index (χ4n) is 3.02. The molecule has 172 valence electrons. The molecule has 0 atom stereocenters. The number of rotatable bonds is 9. The molecule has 2 amide bonds. The van der Waals surface area contributed by atoms with Crippen molar-refractivity contribution in [2.45, 2.75) is 19.8 Å². The maximum absolute atomic E-state index is 12.8. The van der Waals surface area contributed by atoms with Gasteiger partial charge in [0.15, 0.2) is 11.5 Å². The lowest BCUT2D eigenvalue weighted by molar-refractivity contribution is -0.384. The minimum Gasteiger partial charge on any atom is -0.504 e. The molecule has 2 aromatic carbocycles. The molecule has 0 bridgehead atoms. The van der Waals surface area contributed by atoms with E-state index in [2.05, 4.69) is 5.32 Å². The summed E-state index contributed by atoms with van der Waals surface area (Å²) in [6.45, 7) is 2.50. The zero-order valence-electron chi connectivity index (χ0n) is 17.6. The number of nitrogens with one attached hydrogen (secondary N) is 1. The van der Waals surface area contributed by atoms with Gasteiger partial charge in [-0.2, -0.15) is 0 Å². The number of nitro benzene ring substituents is 1. The predicted octanol–water partition coefficient (Wildman–Crippen LogP) is 4.32. The van der Waals surface area contributed by atoms with Gasteiger partial charge in [-0.15, -0.1) is 0 Å². The molecule has 9 nitrogen and oxygen atoms in total. The van der Waals surface area contributed by atoms with Gasteiger partial charge in [0, 0.05) is 30.8 Å². The number of benzene rings is 2. The van der Waals surface area contributed by atoms with Crippen molar-refractivity contribution in [3.05, 3.63) is 63.0 Å². The second-order valence-corrected chi connectivity index (χ2v) is 8.63. The van der Waals surface area contributed by atoms with E-state index in [9.17, 15) is 24.8 Å². The molecule has 2 aromatic rings. The quantitative estimate of drug-likeness (QED) is 0.232. The molecule has 1 aliphatic rings. The van der Waals surface area contributed by atoms with E-state index in [4.69, 9.17) is 17.0 Å². The summed E-state index contributed by atoms with van der Waals surface area (Å²) in [6, 6.07) is 10.4. The predicted molar refractivity (Wildman–Crippen MR) is 130 cm³/mol. The average molecular weight is 488 g/mol. The summed E-state index contributed by atoms with van der Waals surface area (Å²) in [5.41, 5.74) is 1.09. The van der Waals surface area contributed by atoms with E-state index in [-0.39, 0.29) is 36.2 Å². The number of amides is 2. The highest BCUT2D eigenvalue weighted by atomic mass is 32.2. The molecule has 0 unspecified atom stereocenters. The van der Waals surface area contributed by atoms with Crippen LogP contribution in [0.1, 0.15) is 25.3 Å². The summed E-state index contributed by atoms with van der Waals surface area (Å²) in [6.07, 6.45) is 2.23. The lowest BCUT2D eigenvalue weighted by Crippen LogP contribution is -2.29. The van der Waals surface area contributed by atoms with Crippen LogP contribution in [0.25, 0.3) is 6.08 Å². The van der Waals surface area contributed by atoms with Gasteiger partial charge in [-0.25, -0.2) is 0 Å². The molecular formula is C22H21N3O6S2. The van der Waals surface area contributed by atoms with E-state index in [1.165, 1.54) is 47.0 Å². The largest absolute Gasteiger partial charge is 0.504 e. The van der Waals surface area contributed by atoms with Crippen molar-refractivity contribution >= 4 is 57.6 Å². The first-order valence-electron chi connectivity index (χ1n) is 10.0. The Hall–Kier alpha value is -3.44. The molecule has 1 saturated heterocycles. The Bertz CT molecular complexity index is 1120. The van der Waals surface area contributed by atoms with E-state index in [0.29, 0.717) is 39.3 Å². The highest BCUT2D eigenvalue weighted by molar-refractivity contribution is 8.26. The molecular weight excluding hydrogens is 466 g/mol. The lowest BCUT2D eigenvalue weighted by atomic mass is 10.2. The maximum Gasteiger partial charge on any atom is 0.269 e. The van der Waals surface area contributed by atoms with Gasteiger partial charge in [-0.3, -0.25) is 24.6 Å². The minimum absolute atomic E-state index is 0.0218. The van der Waals surface area contributed by atoms with Gasteiger partial charge < -0.3 is 15.2 Å². The summed E-state index contributed by atoms with van der Waals surface area (Å²) >= 11 is 6.50. The van der Waals surface area contributed by atoms with Crippen molar-refractivity contribution in [2.75, 3.05) is 18.5 Å². The Morgan fingerprint density at radius 2 is 2.03 bits per heavy atom. The molecule has 1 fully saturated rings. The molecule has 0 saturated carbocycles. The first-order valence-corrected chi connectivity index (χ1v) is 11.3. The molecule has 1 heterocycles. The fraction of sp³-hybridized carbons (Fsp3) is 0.227. The van der Waals surface area contributed by atoms with Crippen LogP contribution in [0.3, 0.4) is 0 Å². The second kappa shape index (κ2) is 10.9. The van der Waals surface area contributed by atoms with Crippen molar-refractivity contribution in [1.29, 1.82) is 0 Å². The number of aromatic hydroxyl groups is 1. The molecule has 2 N–H and O–H groups in total. The summed E-state index contributed by atoms with van der Waals surface area (Å²) < 4.78 is 5.78. The average Bonchev–Trinajstić information content (AvgIpc) is 3.04. The molecule has 0 spiro atoms. The summed E-state index contributed by atoms with van der Waals surface area (Å²) in [5.74, 6) is -0.154. The van der Waals surface area contributed by atoms with Crippen molar-refractivity contribution in [1.82, 2.24) is 4.90 Å². The SMILES string of the molecule is CCOc1cc(/C=C2\SC(=S)N(CCCC(=O)Nc3ccc([N+](=O)[O-])cc3)C2=O)ccc1O. The number of hydrogen-bond acceptors (Lipinski definition) is 8. The molecule has 1 aliphatic heterocycles. The number of phenolic OH excluding ortho intramolecular Hbond substituents is 1. The maximum atomic E-state index is 12.8. The molecule has 0 radical (unpaired) electrons. The van der Waals surface area contributed by atoms with Crippen molar-refractivity contribution in [3.8, 4) is 11.5 Å². The van der Waals surface area contributed by atoms with Crippen LogP contribution in [0.15, 0.2) is 47.4 Å². The van der Waals surface area contributed by atoms with Crippen LogP contribution in [0, 0.1) is 10.1 Å². The number of nitro groups is 1. The number of nitrogens with zero attached hydrogens (tertiary/aromatic N) is 2. The number of hydrogen-bond donors (Lipinski definition) is 2. The Morgan fingerprint density at radius 1 is 1.30 bits per heavy atom. The normalized spacial score (nSPS) is 14.6. The highest BCUT2D eigenvalue weighted by Gasteiger charge is 2.31. The highest BCUT2D eigenvalue weighted by Crippen LogP contribution is 2.34. The van der Waals surface area contributed by atoms with Crippen LogP contribution < -0.4 is 10.1 Å². The number of thioether (sulfide) groups is 1. The van der Waals surface area contributed by atoms with E-state index in [1.807, 2.05) is 6.92 Å². The fourth-order valence-corrected chi connectivity index (χ4v) is 4.33. The van der Waals surface area contributed by atoms with Crippen LogP contribution in [-0.4, -0.2) is 44.2 Å². The summed E-state index contributed by atoms with van der Waals surface area (Å²) in [4.78, 5) is 37.0. The first-order chi connectivity index (χ1) is 15.8. The summed E-state index contributed by atoms with van der Waals surface area (Å²) in [7, 11) is 0. The monoisotopic (exact) mass is 487 g/mol. The summed E-state index contributed by atoms with van der Waals surface area (Å²) in [5, 5.41) is 23.2. The van der Waals surface area contributed by atoms with Gasteiger partial charge in [-0.1, -0.05) is 30.0 Å². The number of non-ortho nitro benzene ring substituents is 1. The molecule has 0 aromatic heterocycles. The number of thiocarbonyl (C=S) groups is 1. The van der Waals surface area contributed by atoms with Crippen LogP contribution in [-0.2, 0) is 9.59 Å². The Labute approximate surface area is 199 Å². The van der Waals surface area contributed by atoms with Gasteiger partial charge in [0.2, 0.25) is 5.91 Å². The van der Waals surface area contributed by atoms with Crippen molar-refractivity contribution in [3.63, 3.8) is 0 Å². The third-order valence-corrected chi connectivity index (χ3v) is 5.98. The molecule has 11 heteroatoms. The van der Waals surface area contributed by atoms with Gasteiger partial charge in [-0.05, 0) is 49.2 Å². The van der Waals surface area contributed by atoms with E-state index >= 15 is 0 Å². The Balaban J connectivity index is 1.54. The van der Waals surface area contributed by atoms with Crippen molar-refractivity contribution < 1.29 is 24.4 Å². The zero-order chi connectivity index (χ0) is 24.0. The van der Waals surface area contributed by atoms with Gasteiger partial charge in [0.25, 0.3) is 11.6 Å². The van der Waals surface area contributed by atoms with Crippen LogP contribution >= 0.6 is 24.0 Å². The van der Waals surface area contributed by atoms with Crippen LogP contribution in [0.4, 0.5) is 11.4 Å². The van der Waals surface area contributed by atoms with Crippen LogP contribution in [0.5, 0.6) is 11.5 Å². The van der Waals surface area contributed by atoms with E-state index < -0.39 is 4.92 Å². The first kappa shape index (κ1) is 24.2. The smallest absolute Gasteiger partial charge is 0.269 e. The number of phenols is 1. The number of carbonyl (C=O) groups is 2. The third-order valence-electron chi connectivity index (χ3n) is 4.60. The van der Waals surface area contributed by atoms with Crippen LogP contribution in [0.2, 0.25) is 0 Å². The topological polar surface area (TPSA) is 122 Å².